The summed E-state index contributed by atoms with van der Waals surface area (Å²) in [6, 6.07) is 19.3. The molecule has 4 aromatic rings. The number of nitrogens with zero attached hydrogens (tertiary/aromatic N) is 3. The zero-order valence-electron chi connectivity index (χ0n) is 13.9. The molecule has 0 radical (unpaired) electrons. The summed E-state index contributed by atoms with van der Waals surface area (Å²) in [5.41, 5.74) is 3.41. The molecule has 0 fully saturated rings. The summed E-state index contributed by atoms with van der Waals surface area (Å²) >= 11 is 0. The van der Waals surface area contributed by atoms with Gasteiger partial charge in [-0.1, -0.05) is 24.3 Å². The van der Waals surface area contributed by atoms with Gasteiger partial charge in [0.05, 0.1) is 23.1 Å². The zero-order valence-corrected chi connectivity index (χ0v) is 13.9. The lowest BCUT2D eigenvalue weighted by Gasteiger charge is -2.05. The molecule has 0 bridgehead atoms. The minimum Gasteiger partial charge on any atom is -0.322 e. The van der Waals surface area contributed by atoms with Crippen molar-refractivity contribution < 1.29 is 4.79 Å². The van der Waals surface area contributed by atoms with Gasteiger partial charge < -0.3 is 5.32 Å². The minimum absolute atomic E-state index is 0.200. The smallest absolute Gasteiger partial charge is 0.248 e. The second-order valence-corrected chi connectivity index (χ2v) is 5.75. The van der Waals surface area contributed by atoms with Gasteiger partial charge in [0.2, 0.25) is 5.91 Å². The van der Waals surface area contributed by atoms with E-state index in [9.17, 15) is 4.79 Å². The largest absolute Gasteiger partial charge is 0.322 e. The number of pyridine rings is 1. The van der Waals surface area contributed by atoms with E-state index >= 15 is 0 Å². The number of aromatic nitrogens is 3. The third kappa shape index (κ3) is 3.37. The lowest BCUT2D eigenvalue weighted by atomic mass is 10.2. The molecule has 1 amide bonds. The highest BCUT2D eigenvalue weighted by Gasteiger charge is 2.04. The van der Waals surface area contributed by atoms with Crippen molar-refractivity contribution in [1.82, 2.24) is 14.8 Å². The van der Waals surface area contributed by atoms with E-state index in [0.717, 1.165) is 27.8 Å². The Hall–Kier alpha value is -3.73. The van der Waals surface area contributed by atoms with Crippen LogP contribution in [0.3, 0.4) is 0 Å². The van der Waals surface area contributed by atoms with Crippen LogP contribution in [-0.4, -0.2) is 20.7 Å². The summed E-state index contributed by atoms with van der Waals surface area (Å²) < 4.78 is 1.77. The van der Waals surface area contributed by atoms with Crippen LogP contribution in [-0.2, 0) is 4.79 Å². The van der Waals surface area contributed by atoms with Crippen molar-refractivity contribution in [1.29, 1.82) is 0 Å². The first-order valence-electron chi connectivity index (χ1n) is 8.22. The Labute approximate surface area is 150 Å². The Morgan fingerprint density at radius 3 is 2.77 bits per heavy atom. The Bertz CT molecular complexity index is 1080. The molecule has 5 nitrogen and oxygen atoms in total. The Kier molecular flexibility index (Phi) is 4.26. The van der Waals surface area contributed by atoms with Gasteiger partial charge >= 0.3 is 0 Å². The summed E-state index contributed by atoms with van der Waals surface area (Å²) in [5, 5.41) is 8.13. The summed E-state index contributed by atoms with van der Waals surface area (Å²) in [6.45, 7) is 0. The van der Waals surface area contributed by atoms with Crippen LogP contribution in [0, 0.1) is 0 Å². The van der Waals surface area contributed by atoms with Crippen molar-refractivity contribution in [3.63, 3.8) is 0 Å². The van der Waals surface area contributed by atoms with Crippen molar-refractivity contribution in [2.75, 3.05) is 5.32 Å². The number of amides is 1. The fourth-order valence-corrected chi connectivity index (χ4v) is 2.70. The van der Waals surface area contributed by atoms with E-state index in [0.29, 0.717) is 0 Å². The van der Waals surface area contributed by atoms with Gasteiger partial charge in [0.1, 0.15) is 0 Å². The average molecular weight is 340 g/mol. The van der Waals surface area contributed by atoms with E-state index < -0.39 is 0 Å². The van der Waals surface area contributed by atoms with Gasteiger partial charge in [-0.25, -0.2) is 4.68 Å². The predicted octanol–water partition coefficient (Wildman–Crippen LogP) is 4.07. The normalized spacial score (nSPS) is 11.1. The van der Waals surface area contributed by atoms with Crippen molar-refractivity contribution >= 4 is 28.6 Å². The molecule has 26 heavy (non-hydrogen) atoms. The highest BCUT2D eigenvalue weighted by molar-refractivity contribution is 6.06. The standard InChI is InChI=1S/C21H16N4O/c26-21(24-20-10-4-9-19-18(20)8-5-13-22-19)12-11-16-14-23-25(15-16)17-6-2-1-3-7-17/h1-15H,(H,24,26). The molecule has 126 valence electrons. The molecule has 4 rings (SSSR count). The maximum Gasteiger partial charge on any atom is 0.248 e. The molecule has 0 aliphatic rings. The summed E-state index contributed by atoms with van der Waals surface area (Å²) in [4.78, 5) is 16.6. The zero-order chi connectivity index (χ0) is 17.8. The molecule has 2 heterocycles. The van der Waals surface area contributed by atoms with Gasteiger partial charge in [0.15, 0.2) is 0 Å². The number of rotatable bonds is 4. The van der Waals surface area contributed by atoms with Crippen LogP contribution in [0.4, 0.5) is 5.69 Å². The summed E-state index contributed by atoms with van der Waals surface area (Å²) in [6.07, 6.45) is 8.57. The number of para-hydroxylation sites is 1. The number of anilines is 1. The van der Waals surface area contributed by atoms with E-state index in [1.165, 1.54) is 6.08 Å². The van der Waals surface area contributed by atoms with Gasteiger partial charge in [-0.3, -0.25) is 9.78 Å². The maximum absolute atomic E-state index is 12.3. The van der Waals surface area contributed by atoms with E-state index in [2.05, 4.69) is 15.4 Å². The van der Waals surface area contributed by atoms with E-state index in [4.69, 9.17) is 0 Å². The highest BCUT2D eigenvalue weighted by Crippen LogP contribution is 2.21. The predicted molar refractivity (Wildman–Crippen MR) is 103 cm³/mol. The van der Waals surface area contributed by atoms with Crippen LogP contribution < -0.4 is 5.32 Å². The van der Waals surface area contributed by atoms with Crippen molar-refractivity contribution in [3.05, 3.63) is 90.9 Å². The molecular weight excluding hydrogens is 324 g/mol. The van der Waals surface area contributed by atoms with Gasteiger partial charge in [-0.2, -0.15) is 5.10 Å². The van der Waals surface area contributed by atoms with Crippen molar-refractivity contribution in [2.24, 2.45) is 0 Å². The number of benzene rings is 2. The molecule has 2 aromatic heterocycles. The molecule has 0 spiro atoms. The second-order valence-electron chi connectivity index (χ2n) is 5.75. The SMILES string of the molecule is O=C(C=Cc1cnn(-c2ccccc2)c1)Nc1cccc2ncccc12. The molecule has 0 atom stereocenters. The lowest BCUT2D eigenvalue weighted by molar-refractivity contribution is -0.111. The highest BCUT2D eigenvalue weighted by atomic mass is 16.1. The average Bonchev–Trinajstić information content (AvgIpc) is 3.17. The van der Waals surface area contributed by atoms with Crippen LogP contribution >= 0.6 is 0 Å². The van der Waals surface area contributed by atoms with Gasteiger partial charge in [0, 0.05) is 29.4 Å². The van der Waals surface area contributed by atoms with Gasteiger partial charge in [0.25, 0.3) is 0 Å². The molecule has 0 saturated carbocycles. The number of nitrogens with one attached hydrogen (secondary N) is 1. The fourth-order valence-electron chi connectivity index (χ4n) is 2.70. The topological polar surface area (TPSA) is 59.8 Å². The molecule has 0 unspecified atom stereocenters. The second kappa shape index (κ2) is 7.03. The molecule has 5 heteroatoms. The lowest BCUT2D eigenvalue weighted by Crippen LogP contribution is -2.08. The third-order valence-corrected chi connectivity index (χ3v) is 3.95. The maximum atomic E-state index is 12.3. The first kappa shape index (κ1) is 15.8. The molecule has 2 aromatic carbocycles. The van der Waals surface area contributed by atoms with Gasteiger partial charge in [-0.05, 0) is 42.5 Å². The van der Waals surface area contributed by atoms with Crippen LogP contribution in [0.5, 0.6) is 0 Å². The number of fused-ring (bicyclic) bond motifs is 1. The molecule has 0 aliphatic carbocycles. The van der Waals surface area contributed by atoms with Crippen LogP contribution in [0.25, 0.3) is 22.7 Å². The molecule has 0 saturated heterocycles. The number of carbonyl (C=O) groups is 1. The Balaban J connectivity index is 1.49. The summed E-state index contributed by atoms with van der Waals surface area (Å²) in [7, 11) is 0. The van der Waals surface area contributed by atoms with Crippen molar-refractivity contribution in [3.8, 4) is 5.69 Å². The van der Waals surface area contributed by atoms with Gasteiger partial charge in [-0.15, -0.1) is 0 Å². The molecule has 0 aliphatic heterocycles. The van der Waals surface area contributed by atoms with Crippen LogP contribution in [0.1, 0.15) is 5.56 Å². The summed E-state index contributed by atoms with van der Waals surface area (Å²) in [5.74, 6) is -0.200. The molecular formula is C21H16N4O. The van der Waals surface area contributed by atoms with E-state index in [1.807, 2.05) is 66.9 Å². The Morgan fingerprint density at radius 1 is 1.00 bits per heavy atom. The number of hydrogen-bond acceptors (Lipinski definition) is 3. The van der Waals surface area contributed by atoms with Crippen LogP contribution in [0.15, 0.2) is 85.3 Å². The number of carbonyl (C=O) groups excluding carboxylic acids is 1. The number of hydrogen-bond donors (Lipinski definition) is 1. The van der Waals surface area contributed by atoms with E-state index in [-0.39, 0.29) is 5.91 Å². The Morgan fingerprint density at radius 2 is 1.88 bits per heavy atom. The first-order valence-corrected chi connectivity index (χ1v) is 8.22. The first-order chi connectivity index (χ1) is 12.8. The third-order valence-electron chi connectivity index (χ3n) is 3.95. The van der Waals surface area contributed by atoms with E-state index in [1.54, 1.807) is 23.2 Å². The molecule has 1 N–H and O–H groups in total. The van der Waals surface area contributed by atoms with Crippen molar-refractivity contribution in [2.45, 2.75) is 0 Å². The quantitative estimate of drug-likeness (QED) is 0.570. The van der Waals surface area contributed by atoms with Crippen LogP contribution in [0.2, 0.25) is 0 Å². The fraction of sp³-hybridized carbons (Fsp3) is 0. The monoisotopic (exact) mass is 340 g/mol. The minimum atomic E-state index is -0.200.